The molecule has 2 aliphatic rings. The molecule has 0 aliphatic carbocycles. The van der Waals surface area contributed by atoms with Crippen molar-refractivity contribution in [3.05, 3.63) is 34.7 Å². The maximum absolute atomic E-state index is 6.03. The third kappa shape index (κ3) is 3.99. The van der Waals surface area contributed by atoms with Gasteiger partial charge >= 0.3 is 0 Å². The minimum Gasteiger partial charge on any atom is -0.379 e. The summed E-state index contributed by atoms with van der Waals surface area (Å²) in [7, 11) is 0. The molecule has 134 valence electrons. The van der Waals surface area contributed by atoms with Gasteiger partial charge in [-0.3, -0.25) is 4.90 Å². The van der Waals surface area contributed by atoms with Crippen LogP contribution in [-0.4, -0.2) is 59.2 Å². The monoisotopic (exact) mass is 359 g/mol. The highest BCUT2D eigenvalue weighted by atomic mass is 32.1. The number of thiazole rings is 1. The molecule has 0 amide bonds. The number of ether oxygens (including phenoxy) is 1. The van der Waals surface area contributed by atoms with Crippen LogP contribution >= 0.6 is 11.3 Å². The molecule has 0 saturated carbocycles. The highest BCUT2D eigenvalue weighted by Gasteiger charge is 2.39. The van der Waals surface area contributed by atoms with E-state index in [0.717, 1.165) is 56.8 Å². The quantitative estimate of drug-likeness (QED) is 0.839. The normalized spacial score (nSPS) is 25.2. The number of anilines is 1. The number of rotatable bonds is 3. The third-order valence-corrected chi connectivity index (χ3v) is 5.95. The Morgan fingerprint density at radius 3 is 3.08 bits per heavy atom. The molecule has 0 aromatic carbocycles. The van der Waals surface area contributed by atoms with Gasteiger partial charge < -0.3 is 9.64 Å². The molecule has 1 unspecified atom stereocenters. The zero-order valence-electron chi connectivity index (χ0n) is 14.7. The van der Waals surface area contributed by atoms with Gasteiger partial charge in [0, 0.05) is 49.7 Å². The van der Waals surface area contributed by atoms with E-state index in [1.807, 2.05) is 12.3 Å². The molecule has 4 rings (SSSR count). The Hall–Kier alpha value is -1.57. The fourth-order valence-electron chi connectivity index (χ4n) is 4.05. The lowest BCUT2D eigenvalue weighted by Crippen LogP contribution is -2.50. The molecule has 7 heteroatoms. The third-order valence-electron chi connectivity index (χ3n) is 5.12. The van der Waals surface area contributed by atoms with Crippen LogP contribution in [0.5, 0.6) is 0 Å². The Labute approximate surface area is 152 Å². The number of aromatic nitrogens is 3. The van der Waals surface area contributed by atoms with Crippen LogP contribution in [0.3, 0.4) is 0 Å². The zero-order chi connectivity index (χ0) is 17.1. The van der Waals surface area contributed by atoms with Gasteiger partial charge in [-0.25, -0.2) is 15.0 Å². The first-order valence-electron chi connectivity index (χ1n) is 8.95. The van der Waals surface area contributed by atoms with Gasteiger partial charge in [0.2, 0.25) is 0 Å². The molecule has 6 nitrogen and oxygen atoms in total. The lowest BCUT2D eigenvalue weighted by molar-refractivity contribution is 0.0555. The summed E-state index contributed by atoms with van der Waals surface area (Å²) in [6.07, 6.45) is 5.85. The summed E-state index contributed by atoms with van der Waals surface area (Å²) in [5.41, 5.74) is 1.35. The number of piperidine rings is 1. The molecule has 2 saturated heterocycles. The van der Waals surface area contributed by atoms with Crippen LogP contribution in [0.15, 0.2) is 24.0 Å². The Morgan fingerprint density at radius 1 is 1.32 bits per heavy atom. The molecule has 0 N–H and O–H groups in total. The molecule has 4 heterocycles. The summed E-state index contributed by atoms with van der Waals surface area (Å²) in [6.45, 7) is 8.72. The summed E-state index contributed by atoms with van der Waals surface area (Å²) >= 11 is 1.73. The highest BCUT2D eigenvalue weighted by Crippen LogP contribution is 2.34. The van der Waals surface area contributed by atoms with E-state index in [0.29, 0.717) is 0 Å². The molecular formula is C18H25N5OS. The molecule has 0 bridgehead atoms. The predicted octanol–water partition coefficient (Wildman–Crippen LogP) is 2.36. The lowest BCUT2D eigenvalue weighted by atomic mass is 9.80. The SMILES string of the molecule is Cc1nc(CN2CCOCC3(CCCN(c4ccncn4)C3)C2)cs1. The highest BCUT2D eigenvalue weighted by molar-refractivity contribution is 7.09. The molecule has 25 heavy (non-hydrogen) atoms. The van der Waals surface area contributed by atoms with E-state index in [9.17, 15) is 0 Å². The minimum atomic E-state index is 0.171. The van der Waals surface area contributed by atoms with Crippen LogP contribution in [0, 0.1) is 12.3 Å². The van der Waals surface area contributed by atoms with Crippen molar-refractivity contribution >= 4 is 17.2 Å². The van der Waals surface area contributed by atoms with Gasteiger partial charge in [-0.1, -0.05) is 0 Å². The molecule has 2 fully saturated rings. The van der Waals surface area contributed by atoms with E-state index in [1.165, 1.54) is 18.5 Å². The van der Waals surface area contributed by atoms with Crippen molar-refractivity contribution in [3.8, 4) is 0 Å². The van der Waals surface area contributed by atoms with E-state index in [4.69, 9.17) is 4.74 Å². The first kappa shape index (κ1) is 16.9. The topological polar surface area (TPSA) is 54.4 Å². The first-order valence-corrected chi connectivity index (χ1v) is 9.83. The fraction of sp³-hybridized carbons (Fsp3) is 0.611. The zero-order valence-corrected chi connectivity index (χ0v) is 15.5. The standard InChI is InChI=1S/C18H25N5OS/c1-15-21-16(10-25-15)9-22-7-8-24-13-18(11-22)4-2-6-23(12-18)17-3-5-19-14-20-17/h3,5,10,14H,2,4,6-9,11-13H2,1H3. The van der Waals surface area contributed by atoms with Gasteiger partial charge in [-0.2, -0.15) is 0 Å². The number of aryl methyl sites for hydroxylation is 1. The summed E-state index contributed by atoms with van der Waals surface area (Å²) in [4.78, 5) is 18.0. The van der Waals surface area contributed by atoms with Crippen molar-refractivity contribution in [1.29, 1.82) is 0 Å². The van der Waals surface area contributed by atoms with Crippen molar-refractivity contribution in [1.82, 2.24) is 19.9 Å². The Kier molecular flexibility index (Phi) is 4.96. The van der Waals surface area contributed by atoms with Gasteiger partial charge in [-0.15, -0.1) is 11.3 Å². The van der Waals surface area contributed by atoms with E-state index >= 15 is 0 Å². The molecule has 2 aromatic rings. The van der Waals surface area contributed by atoms with Crippen LogP contribution in [-0.2, 0) is 11.3 Å². The van der Waals surface area contributed by atoms with Gasteiger partial charge in [-0.05, 0) is 25.8 Å². The van der Waals surface area contributed by atoms with Crippen LogP contribution in [0.4, 0.5) is 5.82 Å². The van der Waals surface area contributed by atoms with Crippen molar-refractivity contribution in [3.63, 3.8) is 0 Å². The van der Waals surface area contributed by atoms with Crippen molar-refractivity contribution in [2.45, 2.75) is 26.3 Å². The Morgan fingerprint density at radius 2 is 2.28 bits per heavy atom. The van der Waals surface area contributed by atoms with E-state index in [1.54, 1.807) is 17.7 Å². The molecule has 1 atom stereocenters. The molecule has 2 aromatic heterocycles. The van der Waals surface area contributed by atoms with Gasteiger partial charge in [0.25, 0.3) is 0 Å². The van der Waals surface area contributed by atoms with Gasteiger partial charge in [0.05, 0.1) is 23.9 Å². The van der Waals surface area contributed by atoms with E-state index in [2.05, 4.69) is 37.1 Å². The molecule has 2 aliphatic heterocycles. The summed E-state index contributed by atoms with van der Waals surface area (Å²) in [5, 5.41) is 3.32. The second-order valence-corrected chi connectivity index (χ2v) is 8.28. The maximum atomic E-state index is 6.03. The predicted molar refractivity (Wildman–Crippen MR) is 98.9 cm³/mol. The van der Waals surface area contributed by atoms with E-state index in [-0.39, 0.29) is 5.41 Å². The van der Waals surface area contributed by atoms with Crippen LogP contribution in [0.2, 0.25) is 0 Å². The summed E-state index contributed by atoms with van der Waals surface area (Å²) < 4.78 is 6.03. The Balaban J connectivity index is 1.48. The second-order valence-electron chi connectivity index (χ2n) is 7.21. The van der Waals surface area contributed by atoms with Gasteiger partial charge in [0.1, 0.15) is 12.1 Å². The van der Waals surface area contributed by atoms with Crippen LogP contribution in [0.25, 0.3) is 0 Å². The fourth-order valence-corrected chi connectivity index (χ4v) is 4.65. The second kappa shape index (κ2) is 7.35. The smallest absolute Gasteiger partial charge is 0.131 e. The van der Waals surface area contributed by atoms with Gasteiger partial charge in [0.15, 0.2) is 0 Å². The number of hydrogen-bond donors (Lipinski definition) is 0. The molecular weight excluding hydrogens is 334 g/mol. The summed E-state index contributed by atoms with van der Waals surface area (Å²) in [6, 6.07) is 2.01. The van der Waals surface area contributed by atoms with Crippen LogP contribution in [0.1, 0.15) is 23.5 Å². The van der Waals surface area contributed by atoms with Crippen LogP contribution < -0.4 is 4.90 Å². The number of hydrogen-bond acceptors (Lipinski definition) is 7. The average molecular weight is 359 g/mol. The van der Waals surface area contributed by atoms with Crippen molar-refractivity contribution in [2.24, 2.45) is 5.41 Å². The van der Waals surface area contributed by atoms with Crippen molar-refractivity contribution < 1.29 is 4.74 Å². The maximum Gasteiger partial charge on any atom is 0.131 e. The molecule has 0 radical (unpaired) electrons. The largest absolute Gasteiger partial charge is 0.379 e. The average Bonchev–Trinajstić information content (AvgIpc) is 2.94. The van der Waals surface area contributed by atoms with Crippen molar-refractivity contribution in [2.75, 3.05) is 44.3 Å². The lowest BCUT2D eigenvalue weighted by Gasteiger charge is -2.44. The number of nitrogens with zero attached hydrogens (tertiary/aromatic N) is 5. The molecule has 1 spiro atoms. The first-order chi connectivity index (χ1) is 12.2. The minimum absolute atomic E-state index is 0.171. The Bertz CT molecular complexity index is 694. The van der Waals surface area contributed by atoms with E-state index < -0.39 is 0 Å². The summed E-state index contributed by atoms with van der Waals surface area (Å²) in [5.74, 6) is 1.03.